The molecule has 0 atom stereocenters. The molecule has 0 saturated heterocycles. The molecule has 96 valence electrons. The Morgan fingerprint density at radius 2 is 1.94 bits per heavy atom. The first kappa shape index (κ1) is 12.7. The van der Waals surface area contributed by atoms with Crippen LogP contribution < -0.4 is 10.5 Å². The average Bonchev–Trinajstić information content (AvgIpc) is 2.26. The lowest BCUT2D eigenvalue weighted by Crippen LogP contribution is -2.09. The Hall–Kier alpha value is -1.77. The Balaban J connectivity index is 2.63. The normalized spacial score (nSPS) is 11.2. The number of fused-ring (bicyclic) bond motifs is 1. The summed E-state index contributed by atoms with van der Waals surface area (Å²) in [7, 11) is 3.94. The second kappa shape index (κ2) is 4.84. The molecule has 0 saturated carbocycles. The third-order valence-corrected chi connectivity index (χ3v) is 2.96. The zero-order valence-corrected chi connectivity index (χ0v) is 11.4. The van der Waals surface area contributed by atoms with Gasteiger partial charge in [-0.15, -0.1) is 0 Å². The molecule has 0 aliphatic carbocycles. The minimum atomic E-state index is -0.269. The highest BCUT2D eigenvalue weighted by Gasteiger charge is 2.08. The van der Waals surface area contributed by atoms with Gasteiger partial charge >= 0.3 is 5.63 Å². The number of hydrogen-bond donors (Lipinski definition) is 0. The molecule has 18 heavy (non-hydrogen) atoms. The van der Waals surface area contributed by atoms with Crippen molar-refractivity contribution in [3.8, 4) is 0 Å². The summed E-state index contributed by atoms with van der Waals surface area (Å²) >= 11 is 0. The van der Waals surface area contributed by atoms with Gasteiger partial charge < -0.3 is 9.32 Å². The minimum absolute atomic E-state index is 0.269. The highest BCUT2D eigenvalue weighted by molar-refractivity contribution is 5.83. The van der Waals surface area contributed by atoms with Gasteiger partial charge in [-0.2, -0.15) is 0 Å². The van der Waals surface area contributed by atoms with Crippen molar-refractivity contribution >= 4 is 16.7 Å². The second-order valence-corrected chi connectivity index (χ2v) is 5.26. The molecule has 0 N–H and O–H groups in total. The van der Waals surface area contributed by atoms with Gasteiger partial charge in [0.2, 0.25) is 0 Å². The Morgan fingerprint density at radius 3 is 2.56 bits per heavy atom. The van der Waals surface area contributed by atoms with E-state index in [1.165, 1.54) is 0 Å². The van der Waals surface area contributed by atoms with E-state index in [1.54, 1.807) is 6.07 Å². The Morgan fingerprint density at radius 1 is 1.22 bits per heavy atom. The van der Waals surface area contributed by atoms with Gasteiger partial charge in [-0.1, -0.05) is 13.8 Å². The maximum atomic E-state index is 11.6. The van der Waals surface area contributed by atoms with E-state index in [9.17, 15) is 4.79 Å². The first-order valence-electron chi connectivity index (χ1n) is 6.21. The van der Waals surface area contributed by atoms with E-state index in [0.29, 0.717) is 11.5 Å². The van der Waals surface area contributed by atoms with Gasteiger partial charge in [0.15, 0.2) is 0 Å². The summed E-state index contributed by atoms with van der Waals surface area (Å²) in [6.07, 6.45) is 0.892. The average molecular weight is 245 g/mol. The first-order chi connectivity index (χ1) is 8.47. The molecule has 0 aliphatic rings. The molecule has 1 aromatic heterocycles. The lowest BCUT2D eigenvalue weighted by molar-refractivity contribution is 0.555. The van der Waals surface area contributed by atoms with Gasteiger partial charge in [0.05, 0.1) is 0 Å². The largest absolute Gasteiger partial charge is 0.423 e. The van der Waals surface area contributed by atoms with Crippen molar-refractivity contribution in [3.05, 3.63) is 40.2 Å². The molecule has 3 heteroatoms. The number of nitrogens with zero attached hydrogens (tertiary/aromatic N) is 1. The Bertz CT molecular complexity index is 611. The maximum Gasteiger partial charge on any atom is 0.336 e. The fraction of sp³-hybridized carbons (Fsp3) is 0.400. The highest BCUT2D eigenvalue weighted by atomic mass is 16.4. The summed E-state index contributed by atoms with van der Waals surface area (Å²) in [6, 6.07) is 7.61. The van der Waals surface area contributed by atoms with Gasteiger partial charge in [-0.25, -0.2) is 4.79 Å². The van der Waals surface area contributed by atoms with Crippen molar-refractivity contribution in [1.82, 2.24) is 0 Å². The van der Waals surface area contributed by atoms with Crippen molar-refractivity contribution in [2.45, 2.75) is 20.3 Å². The molecule has 0 fully saturated rings. The smallest absolute Gasteiger partial charge is 0.336 e. The van der Waals surface area contributed by atoms with Crippen LogP contribution in [0.15, 0.2) is 33.5 Å². The summed E-state index contributed by atoms with van der Waals surface area (Å²) in [6.45, 7) is 4.29. The van der Waals surface area contributed by atoms with E-state index >= 15 is 0 Å². The zero-order valence-electron chi connectivity index (χ0n) is 11.4. The van der Waals surface area contributed by atoms with E-state index < -0.39 is 0 Å². The van der Waals surface area contributed by atoms with Crippen LogP contribution in [0.3, 0.4) is 0 Å². The number of hydrogen-bond acceptors (Lipinski definition) is 3. The summed E-state index contributed by atoms with van der Waals surface area (Å²) in [5.41, 5.74) is 2.51. The molecular formula is C15H19NO2. The van der Waals surface area contributed by atoms with Gasteiger partial charge in [-0.05, 0) is 30.0 Å². The summed E-state index contributed by atoms with van der Waals surface area (Å²) < 4.78 is 5.29. The van der Waals surface area contributed by atoms with Crippen LogP contribution in [0, 0.1) is 5.92 Å². The van der Waals surface area contributed by atoms with Crippen LogP contribution in [0.1, 0.15) is 19.4 Å². The monoisotopic (exact) mass is 245 g/mol. The molecule has 0 radical (unpaired) electrons. The van der Waals surface area contributed by atoms with Crippen LogP contribution in [0.25, 0.3) is 11.0 Å². The fourth-order valence-electron chi connectivity index (χ4n) is 2.11. The predicted molar refractivity (Wildman–Crippen MR) is 75.4 cm³/mol. The van der Waals surface area contributed by atoms with E-state index in [1.807, 2.05) is 37.2 Å². The van der Waals surface area contributed by atoms with Crippen molar-refractivity contribution in [3.63, 3.8) is 0 Å². The fourth-order valence-corrected chi connectivity index (χ4v) is 2.11. The Kier molecular flexibility index (Phi) is 3.41. The quantitative estimate of drug-likeness (QED) is 0.779. The van der Waals surface area contributed by atoms with Crippen LogP contribution in [0.2, 0.25) is 0 Å². The topological polar surface area (TPSA) is 33.5 Å². The van der Waals surface area contributed by atoms with Crippen molar-refractivity contribution in [2.24, 2.45) is 5.92 Å². The first-order valence-corrected chi connectivity index (χ1v) is 6.21. The SMILES string of the molecule is CC(C)Cc1cc(=O)oc2cc(N(C)C)ccc12. The molecule has 1 heterocycles. The number of anilines is 1. The lowest BCUT2D eigenvalue weighted by Gasteiger charge is -2.14. The molecule has 0 spiro atoms. The van der Waals surface area contributed by atoms with Gasteiger partial charge in [0.1, 0.15) is 5.58 Å². The standard InChI is InChI=1S/C15H19NO2/c1-10(2)7-11-8-15(17)18-14-9-12(16(3)4)5-6-13(11)14/h5-6,8-10H,7H2,1-4H3. The number of benzene rings is 1. The second-order valence-electron chi connectivity index (χ2n) is 5.26. The van der Waals surface area contributed by atoms with E-state index in [0.717, 1.165) is 23.1 Å². The van der Waals surface area contributed by atoms with Crippen LogP contribution in [-0.4, -0.2) is 14.1 Å². The molecular weight excluding hydrogens is 226 g/mol. The van der Waals surface area contributed by atoms with Crippen LogP contribution in [-0.2, 0) is 6.42 Å². The molecule has 0 amide bonds. The molecule has 0 bridgehead atoms. The van der Waals surface area contributed by atoms with E-state index in [2.05, 4.69) is 13.8 Å². The zero-order chi connectivity index (χ0) is 13.3. The van der Waals surface area contributed by atoms with Gasteiger partial charge in [-0.3, -0.25) is 0 Å². The van der Waals surface area contributed by atoms with E-state index in [-0.39, 0.29) is 5.63 Å². The molecule has 3 nitrogen and oxygen atoms in total. The Labute approximate surface area is 107 Å². The predicted octanol–water partition coefficient (Wildman–Crippen LogP) is 3.06. The molecule has 0 aliphatic heterocycles. The maximum absolute atomic E-state index is 11.6. The highest BCUT2D eigenvalue weighted by Crippen LogP contribution is 2.24. The van der Waals surface area contributed by atoms with Crippen LogP contribution in [0.4, 0.5) is 5.69 Å². The van der Waals surface area contributed by atoms with Crippen molar-refractivity contribution in [1.29, 1.82) is 0 Å². The van der Waals surface area contributed by atoms with Crippen molar-refractivity contribution in [2.75, 3.05) is 19.0 Å². The molecule has 1 aromatic carbocycles. The van der Waals surface area contributed by atoms with E-state index in [4.69, 9.17) is 4.42 Å². The minimum Gasteiger partial charge on any atom is -0.423 e. The van der Waals surface area contributed by atoms with Gasteiger partial charge in [0.25, 0.3) is 0 Å². The summed E-state index contributed by atoms with van der Waals surface area (Å²) in [5.74, 6) is 0.517. The molecule has 2 aromatic rings. The number of rotatable bonds is 3. The van der Waals surface area contributed by atoms with Crippen LogP contribution >= 0.6 is 0 Å². The summed E-state index contributed by atoms with van der Waals surface area (Å²) in [4.78, 5) is 13.6. The molecule has 0 unspecified atom stereocenters. The lowest BCUT2D eigenvalue weighted by atomic mass is 10.00. The third-order valence-electron chi connectivity index (χ3n) is 2.96. The van der Waals surface area contributed by atoms with Crippen LogP contribution in [0.5, 0.6) is 0 Å². The third kappa shape index (κ3) is 2.55. The van der Waals surface area contributed by atoms with Crippen molar-refractivity contribution < 1.29 is 4.42 Å². The molecule has 2 rings (SSSR count). The summed E-state index contributed by atoms with van der Waals surface area (Å²) in [5, 5.41) is 1.04. The van der Waals surface area contributed by atoms with Gasteiger partial charge in [0, 0.05) is 37.3 Å².